The van der Waals surface area contributed by atoms with Crippen molar-refractivity contribution in [3.63, 3.8) is 0 Å². The minimum Gasteiger partial charge on any atom is -0.359 e. The number of ether oxygens (including phenoxy) is 1. The lowest BCUT2D eigenvalue weighted by Gasteiger charge is -2.15. The van der Waals surface area contributed by atoms with Crippen LogP contribution < -0.4 is 11.3 Å². The second-order valence-electron chi connectivity index (χ2n) is 2.06. The van der Waals surface area contributed by atoms with Gasteiger partial charge >= 0.3 is 6.18 Å². The number of nitrogens with one attached hydrogen (secondary N) is 1. The van der Waals surface area contributed by atoms with E-state index in [9.17, 15) is 18.0 Å². The Morgan fingerprint density at radius 2 is 2.17 bits per heavy atom. The number of carbonyl (C=O) groups excluding carboxylic acids is 1. The van der Waals surface area contributed by atoms with E-state index in [1.807, 2.05) is 0 Å². The Balaban J connectivity index is 3.72. The summed E-state index contributed by atoms with van der Waals surface area (Å²) in [6.07, 6.45) is -6.41. The molecule has 7 heteroatoms. The molecule has 0 heterocycles. The second kappa shape index (κ2) is 4.27. The van der Waals surface area contributed by atoms with Gasteiger partial charge in [0, 0.05) is 0 Å². The highest BCUT2D eigenvalue weighted by Gasteiger charge is 2.37. The van der Waals surface area contributed by atoms with Crippen LogP contribution >= 0.6 is 0 Å². The van der Waals surface area contributed by atoms with Crippen molar-refractivity contribution in [1.82, 2.24) is 5.43 Å². The lowest BCUT2D eigenvalue weighted by Crippen LogP contribution is -2.37. The van der Waals surface area contributed by atoms with Crippen LogP contribution in [0.2, 0.25) is 0 Å². The largest absolute Gasteiger partial charge is 0.414 e. The molecule has 0 aromatic carbocycles. The summed E-state index contributed by atoms with van der Waals surface area (Å²) in [5, 5.41) is 0. The van der Waals surface area contributed by atoms with Crippen LogP contribution in [0.15, 0.2) is 0 Å². The Kier molecular flexibility index (Phi) is 3.98. The van der Waals surface area contributed by atoms with Crippen molar-refractivity contribution in [3.05, 3.63) is 0 Å². The van der Waals surface area contributed by atoms with E-state index in [1.165, 1.54) is 0 Å². The van der Waals surface area contributed by atoms with Crippen LogP contribution in [0.25, 0.3) is 0 Å². The van der Waals surface area contributed by atoms with Crippen LogP contribution in [0.5, 0.6) is 0 Å². The van der Waals surface area contributed by atoms with Gasteiger partial charge in [0.05, 0.1) is 0 Å². The van der Waals surface area contributed by atoms with E-state index in [1.54, 1.807) is 5.43 Å². The molecule has 1 unspecified atom stereocenters. The van der Waals surface area contributed by atoms with Gasteiger partial charge in [-0.05, 0) is 6.92 Å². The Hall–Kier alpha value is -0.820. The maximum absolute atomic E-state index is 11.7. The third kappa shape index (κ3) is 4.14. The fourth-order valence-electron chi connectivity index (χ4n) is 0.337. The number of hydrazine groups is 1. The van der Waals surface area contributed by atoms with Gasteiger partial charge in [0.15, 0.2) is 6.10 Å². The normalized spacial score (nSPS) is 14.1. The van der Waals surface area contributed by atoms with Crippen molar-refractivity contribution in [2.45, 2.75) is 19.2 Å². The first-order chi connectivity index (χ1) is 5.38. The number of amides is 1. The molecule has 0 radical (unpaired) electrons. The number of hydrogen-bond acceptors (Lipinski definition) is 3. The zero-order valence-electron chi connectivity index (χ0n) is 6.31. The van der Waals surface area contributed by atoms with E-state index in [0.29, 0.717) is 0 Å². The standard InChI is InChI=1S/C5H9F3N2O2/c1-3(5(6,7)8)12-2-4(11)10-9/h3H,2,9H2,1H3,(H,10,11). The van der Waals surface area contributed by atoms with E-state index in [-0.39, 0.29) is 0 Å². The van der Waals surface area contributed by atoms with Gasteiger partial charge in [0.1, 0.15) is 6.61 Å². The van der Waals surface area contributed by atoms with Crippen molar-refractivity contribution >= 4 is 5.91 Å². The molecule has 0 aromatic heterocycles. The average Bonchev–Trinajstić information content (AvgIpc) is 1.97. The predicted octanol–water partition coefficient (Wildman–Crippen LogP) is -0.0563. The molecular weight excluding hydrogens is 177 g/mol. The van der Waals surface area contributed by atoms with Crippen molar-refractivity contribution < 1.29 is 22.7 Å². The molecule has 1 amide bonds. The fourth-order valence-corrected chi connectivity index (χ4v) is 0.337. The van der Waals surface area contributed by atoms with Gasteiger partial charge in [0.2, 0.25) is 0 Å². The highest BCUT2D eigenvalue weighted by atomic mass is 19.4. The predicted molar refractivity (Wildman–Crippen MR) is 33.8 cm³/mol. The summed E-state index contributed by atoms with van der Waals surface area (Å²) < 4.78 is 39.3. The molecule has 3 N–H and O–H groups in total. The van der Waals surface area contributed by atoms with Gasteiger partial charge in [-0.2, -0.15) is 13.2 Å². The summed E-state index contributed by atoms with van der Waals surface area (Å²) in [5.41, 5.74) is 1.64. The number of alkyl halides is 3. The second-order valence-corrected chi connectivity index (χ2v) is 2.06. The lowest BCUT2D eigenvalue weighted by molar-refractivity contribution is -0.213. The zero-order valence-corrected chi connectivity index (χ0v) is 6.31. The van der Waals surface area contributed by atoms with Gasteiger partial charge in [-0.3, -0.25) is 10.2 Å². The topological polar surface area (TPSA) is 64.3 Å². The molecule has 0 rings (SSSR count). The molecule has 1 atom stereocenters. The minimum atomic E-state index is -4.45. The summed E-state index contributed by atoms with van der Waals surface area (Å²) in [6.45, 7) is 0.112. The zero-order chi connectivity index (χ0) is 9.78. The molecule has 0 aliphatic heterocycles. The summed E-state index contributed by atoms with van der Waals surface area (Å²) in [5.74, 6) is 3.81. The molecule has 0 spiro atoms. The Labute approximate surface area is 66.8 Å². The molecule has 0 aliphatic carbocycles. The minimum absolute atomic E-state index is 0.697. The molecule has 0 saturated heterocycles. The van der Waals surface area contributed by atoms with Crippen molar-refractivity contribution in [2.24, 2.45) is 5.84 Å². The van der Waals surface area contributed by atoms with E-state index in [0.717, 1.165) is 6.92 Å². The molecular formula is C5H9F3N2O2. The average molecular weight is 186 g/mol. The number of carbonyl (C=O) groups is 1. The van der Waals surface area contributed by atoms with Crippen molar-refractivity contribution in [3.8, 4) is 0 Å². The van der Waals surface area contributed by atoms with Gasteiger partial charge in [-0.1, -0.05) is 0 Å². The van der Waals surface area contributed by atoms with Gasteiger partial charge in [0.25, 0.3) is 5.91 Å². The molecule has 0 aromatic rings. The highest BCUT2D eigenvalue weighted by Crippen LogP contribution is 2.21. The fraction of sp³-hybridized carbons (Fsp3) is 0.800. The Morgan fingerprint density at radius 1 is 1.67 bits per heavy atom. The van der Waals surface area contributed by atoms with Gasteiger partial charge < -0.3 is 4.74 Å². The monoisotopic (exact) mass is 186 g/mol. The first-order valence-corrected chi connectivity index (χ1v) is 3.05. The van der Waals surface area contributed by atoms with Gasteiger partial charge in [-0.25, -0.2) is 5.84 Å². The third-order valence-corrected chi connectivity index (χ3v) is 1.09. The van der Waals surface area contributed by atoms with Crippen molar-refractivity contribution in [2.75, 3.05) is 6.61 Å². The molecule has 0 saturated carbocycles. The molecule has 0 fully saturated rings. The Bertz CT molecular complexity index is 159. The van der Waals surface area contributed by atoms with E-state index in [4.69, 9.17) is 0 Å². The first-order valence-electron chi connectivity index (χ1n) is 3.05. The molecule has 72 valence electrons. The van der Waals surface area contributed by atoms with E-state index < -0.39 is 24.8 Å². The molecule has 0 aliphatic rings. The third-order valence-electron chi connectivity index (χ3n) is 1.09. The van der Waals surface area contributed by atoms with Crippen molar-refractivity contribution in [1.29, 1.82) is 0 Å². The Morgan fingerprint density at radius 3 is 2.50 bits per heavy atom. The molecule has 0 bridgehead atoms. The van der Waals surface area contributed by atoms with Crippen LogP contribution in [0.1, 0.15) is 6.92 Å². The number of nitrogens with two attached hydrogens (primary N) is 1. The number of rotatable bonds is 3. The number of hydrogen-bond donors (Lipinski definition) is 2. The number of halogens is 3. The summed E-state index contributed by atoms with van der Waals surface area (Å²) >= 11 is 0. The van der Waals surface area contributed by atoms with Crippen LogP contribution in [0, 0.1) is 0 Å². The smallest absolute Gasteiger partial charge is 0.359 e. The maximum Gasteiger partial charge on any atom is 0.414 e. The summed E-state index contributed by atoms with van der Waals surface area (Å²) in [4.78, 5) is 10.3. The quantitative estimate of drug-likeness (QED) is 0.369. The van der Waals surface area contributed by atoms with Crippen LogP contribution in [0.4, 0.5) is 13.2 Å². The molecule has 4 nitrogen and oxygen atoms in total. The van der Waals surface area contributed by atoms with E-state index >= 15 is 0 Å². The van der Waals surface area contributed by atoms with E-state index in [2.05, 4.69) is 10.6 Å². The lowest BCUT2D eigenvalue weighted by atomic mass is 10.4. The van der Waals surface area contributed by atoms with Crippen LogP contribution in [-0.2, 0) is 9.53 Å². The van der Waals surface area contributed by atoms with Gasteiger partial charge in [-0.15, -0.1) is 0 Å². The maximum atomic E-state index is 11.7. The summed E-state index contributed by atoms with van der Waals surface area (Å²) in [6, 6.07) is 0. The summed E-state index contributed by atoms with van der Waals surface area (Å²) in [7, 11) is 0. The van der Waals surface area contributed by atoms with Crippen LogP contribution in [0.3, 0.4) is 0 Å². The van der Waals surface area contributed by atoms with Crippen LogP contribution in [-0.4, -0.2) is 24.8 Å². The molecule has 12 heavy (non-hydrogen) atoms. The highest BCUT2D eigenvalue weighted by molar-refractivity contribution is 5.76. The SMILES string of the molecule is CC(OCC(=O)NN)C(F)(F)F. The first kappa shape index (κ1) is 11.2.